The lowest BCUT2D eigenvalue weighted by molar-refractivity contribution is -0.889. The first-order chi connectivity index (χ1) is 28.1. The molecule has 0 aromatic carbocycles. The Labute approximate surface area is 351 Å². The van der Waals surface area contributed by atoms with Gasteiger partial charge in [-0.2, -0.15) is 0 Å². The van der Waals surface area contributed by atoms with E-state index in [1.807, 2.05) is 122 Å². The Morgan fingerprint density at radius 1 is 0.517 bits per heavy atom. The molecule has 0 bridgehead atoms. The van der Waals surface area contributed by atoms with Crippen molar-refractivity contribution in [2.45, 2.75) is 109 Å². The molecule has 0 rings (SSSR count). The number of rotatable bonds is 34. The monoisotopic (exact) mass is 800 g/mol. The van der Waals surface area contributed by atoms with Gasteiger partial charge in [-0.3, -0.25) is 9.59 Å². The molecule has 0 spiro atoms. The summed E-state index contributed by atoms with van der Waals surface area (Å²) in [7, 11) is 5.35. The van der Waals surface area contributed by atoms with Gasteiger partial charge in [-0.05, 0) is 51.4 Å². The Kier molecular flexibility index (Phi) is 35.8. The Hall–Kier alpha value is -4.79. The number of quaternary nitrogens is 1. The van der Waals surface area contributed by atoms with E-state index in [1.54, 1.807) is 21.1 Å². The molecular formula is C50H73NO7. The summed E-state index contributed by atoms with van der Waals surface area (Å²) in [5.41, 5.74) is 0. The number of carbonyl (C=O) groups is 3. The van der Waals surface area contributed by atoms with E-state index in [1.165, 1.54) is 0 Å². The van der Waals surface area contributed by atoms with Crippen LogP contribution in [0.25, 0.3) is 0 Å². The smallest absolute Gasteiger partial charge is 0.306 e. The van der Waals surface area contributed by atoms with E-state index in [9.17, 15) is 19.5 Å². The molecule has 0 amide bonds. The summed E-state index contributed by atoms with van der Waals surface area (Å²) in [6.45, 7) is 4.22. The third kappa shape index (κ3) is 36.8. The molecule has 2 atom stereocenters. The fraction of sp³-hybridized carbons (Fsp3) is 0.460. The van der Waals surface area contributed by atoms with Crippen LogP contribution in [-0.4, -0.2) is 75.5 Å². The van der Waals surface area contributed by atoms with Crippen molar-refractivity contribution in [2.75, 3.05) is 41.0 Å². The summed E-state index contributed by atoms with van der Waals surface area (Å²) in [6.07, 6.45) is 57.3. The maximum absolute atomic E-state index is 12.7. The van der Waals surface area contributed by atoms with E-state index in [2.05, 4.69) is 38.2 Å². The normalized spacial score (nSPS) is 14.4. The molecular weight excluding hydrogens is 727 g/mol. The second-order valence-corrected chi connectivity index (χ2v) is 14.4. The summed E-state index contributed by atoms with van der Waals surface area (Å²) < 4.78 is 17.0. The average molecular weight is 800 g/mol. The van der Waals surface area contributed by atoms with Crippen LogP contribution >= 0.6 is 0 Å². The van der Waals surface area contributed by atoms with Crippen LogP contribution in [-0.2, 0) is 28.6 Å². The number of hydrogen-bond donors (Lipinski definition) is 0. The van der Waals surface area contributed by atoms with E-state index in [0.29, 0.717) is 12.8 Å². The number of carbonyl (C=O) groups excluding carboxylic acids is 3. The SMILES string of the molecule is CC/C=C/C=C/C=C/C=C/C=C/C=C/C=C/CCCCCC(=O)OC(COCCC(C(=O)[O-])[N+](C)(C)C)COC(=O)CCCCC/C=C/C=C/C=C/C=C/C=C/CC. The molecule has 58 heavy (non-hydrogen) atoms. The van der Waals surface area contributed by atoms with Gasteiger partial charge in [0, 0.05) is 19.3 Å². The topological polar surface area (TPSA) is 102 Å². The van der Waals surface area contributed by atoms with Gasteiger partial charge in [0.15, 0.2) is 6.10 Å². The summed E-state index contributed by atoms with van der Waals surface area (Å²) >= 11 is 0. The molecule has 0 aliphatic rings. The van der Waals surface area contributed by atoms with Crippen LogP contribution < -0.4 is 5.11 Å². The first-order valence-electron chi connectivity index (χ1n) is 21.0. The van der Waals surface area contributed by atoms with E-state index < -0.39 is 18.1 Å². The standard InChI is InChI=1S/C50H73NO7/c1-6-8-10-12-14-16-18-20-22-23-24-25-27-29-31-33-35-37-39-41-49(53)58-46(44-56-43-42-47(50(54)55)51(3,4)5)45-57-48(52)40-38-36-34-32-30-28-26-21-19-17-15-13-11-9-7-2/h8-31,46-47H,6-7,32-45H2,1-5H3/b10-8+,11-9+,14-12+,15-13+,18-16+,19-17+,22-20+,24-23+,26-21+,27-25+,30-28+,31-29+. The van der Waals surface area contributed by atoms with Gasteiger partial charge in [-0.15, -0.1) is 0 Å². The molecule has 0 aromatic heterocycles. The third-order valence-corrected chi connectivity index (χ3v) is 8.29. The lowest BCUT2D eigenvalue weighted by Gasteiger charge is -2.34. The molecule has 320 valence electrons. The summed E-state index contributed by atoms with van der Waals surface area (Å²) in [5.74, 6) is -1.88. The van der Waals surface area contributed by atoms with E-state index in [0.717, 1.165) is 51.4 Å². The van der Waals surface area contributed by atoms with Gasteiger partial charge < -0.3 is 28.6 Å². The Morgan fingerprint density at radius 2 is 0.914 bits per heavy atom. The molecule has 8 heteroatoms. The molecule has 2 unspecified atom stereocenters. The van der Waals surface area contributed by atoms with Crippen LogP contribution in [0.4, 0.5) is 0 Å². The van der Waals surface area contributed by atoms with Crippen LogP contribution in [0.2, 0.25) is 0 Å². The lowest BCUT2D eigenvalue weighted by atomic mass is 10.1. The summed E-state index contributed by atoms with van der Waals surface area (Å²) in [5, 5.41) is 11.6. The molecule has 0 saturated carbocycles. The minimum Gasteiger partial charge on any atom is -0.544 e. The largest absolute Gasteiger partial charge is 0.544 e. The summed E-state index contributed by atoms with van der Waals surface area (Å²) in [6, 6.07) is -0.752. The number of carboxylic acids is 1. The zero-order valence-corrected chi connectivity index (χ0v) is 36.1. The number of carboxylic acid groups (broad SMARTS) is 1. The van der Waals surface area contributed by atoms with Crippen molar-refractivity contribution in [1.82, 2.24) is 0 Å². The number of hydrogen-bond acceptors (Lipinski definition) is 7. The number of nitrogens with zero attached hydrogens (tertiary/aromatic N) is 1. The van der Waals surface area contributed by atoms with E-state index in [-0.39, 0.29) is 55.5 Å². The predicted molar refractivity (Wildman–Crippen MR) is 240 cm³/mol. The molecule has 0 fully saturated rings. The number of esters is 2. The highest BCUT2D eigenvalue weighted by Gasteiger charge is 2.25. The second kappa shape index (κ2) is 39.1. The van der Waals surface area contributed by atoms with Crippen molar-refractivity contribution in [1.29, 1.82) is 0 Å². The van der Waals surface area contributed by atoms with Gasteiger partial charge in [0.25, 0.3) is 0 Å². The molecule has 0 radical (unpaired) electrons. The van der Waals surface area contributed by atoms with Crippen molar-refractivity contribution in [3.05, 3.63) is 146 Å². The lowest BCUT2D eigenvalue weighted by Crippen LogP contribution is -2.55. The van der Waals surface area contributed by atoms with Crippen molar-refractivity contribution in [3.8, 4) is 0 Å². The quantitative estimate of drug-likeness (QED) is 0.0276. The first kappa shape index (κ1) is 53.2. The molecule has 0 aliphatic heterocycles. The molecule has 0 saturated heterocycles. The highest BCUT2D eigenvalue weighted by molar-refractivity contribution is 5.70. The molecule has 0 aliphatic carbocycles. The number of allylic oxidation sites excluding steroid dienone is 24. The fourth-order valence-corrected chi connectivity index (χ4v) is 5.07. The van der Waals surface area contributed by atoms with Gasteiger partial charge in [-0.25, -0.2) is 0 Å². The maximum atomic E-state index is 12.7. The average Bonchev–Trinajstić information content (AvgIpc) is 3.18. The number of ether oxygens (including phenoxy) is 3. The highest BCUT2D eigenvalue weighted by atomic mass is 16.6. The van der Waals surface area contributed by atoms with Crippen LogP contribution in [0, 0.1) is 0 Å². The van der Waals surface area contributed by atoms with E-state index >= 15 is 0 Å². The van der Waals surface area contributed by atoms with E-state index in [4.69, 9.17) is 14.2 Å². The third-order valence-electron chi connectivity index (χ3n) is 8.29. The van der Waals surface area contributed by atoms with Crippen LogP contribution in [0.5, 0.6) is 0 Å². The summed E-state index contributed by atoms with van der Waals surface area (Å²) in [4.78, 5) is 36.8. The van der Waals surface area contributed by atoms with Crippen molar-refractivity contribution in [2.24, 2.45) is 0 Å². The van der Waals surface area contributed by atoms with Crippen molar-refractivity contribution >= 4 is 17.9 Å². The number of aliphatic carboxylic acids is 1. The second-order valence-electron chi connectivity index (χ2n) is 14.4. The predicted octanol–water partition coefficient (Wildman–Crippen LogP) is 10.1. The first-order valence-corrected chi connectivity index (χ1v) is 21.0. The van der Waals surface area contributed by atoms with Crippen LogP contribution in [0.1, 0.15) is 97.3 Å². The highest BCUT2D eigenvalue weighted by Crippen LogP contribution is 2.11. The Balaban J connectivity index is 4.61. The van der Waals surface area contributed by atoms with Gasteiger partial charge in [0.05, 0.1) is 40.3 Å². The van der Waals surface area contributed by atoms with Gasteiger partial charge in [0.2, 0.25) is 0 Å². The minimum atomic E-state index is -1.15. The molecule has 8 nitrogen and oxygen atoms in total. The maximum Gasteiger partial charge on any atom is 0.306 e. The Bertz CT molecular complexity index is 1440. The van der Waals surface area contributed by atoms with Crippen LogP contribution in [0.15, 0.2) is 146 Å². The molecule has 0 aromatic rings. The fourth-order valence-electron chi connectivity index (χ4n) is 5.07. The minimum absolute atomic E-state index is 0.00482. The number of likely N-dealkylation sites (N-methyl/N-ethyl adjacent to an activating group) is 1. The Morgan fingerprint density at radius 3 is 1.31 bits per heavy atom. The van der Waals surface area contributed by atoms with Crippen molar-refractivity contribution in [3.63, 3.8) is 0 Å². The molecule has 0 N–H and O–H groups in total. The number of unbranched alkanes of at least 4 members (excludes halogenated alkanes) is 6. The van der Waals surface area contributed by atoms with Crippen LogP contribution in [0.3, 0.4) is 0 Å². The van der Waals surface area contributed by atoms with Gasteiger partial charge in [0.1, 0.15) is 12.6 Å². The zero-order chi connectivity index (χ0) is 42.8. The van der Waals surface area contributed by atoms with Gasteiger partial charge >= 0.3 is 11.9 Å². The van der Waals surface area contributed by atoms with Crippen molar-refractivity contribution < 1.29 is 38.2 Å². The van der Waals surface area contributed by atoms with Gasteiger partial charge in [-0.1, -0.05) is 173 Å². The zero-order valence-electron chi connectivity index (χ0n) is 36.1. The molecule has 0 heterocycles.